The summed E-state index contributed by atoms with van der Waals surface area (Å²) in [5, 5.41) is 18.3. The largest absolute Gasteiger partial charge is 0.490 e. The molecule has 3 rings (SSSR count). The predicted molar refractivity (Wildman–Crippen MR) is 97.1 cm³/mol. The number of rotatable bonds is 9. The smallest absolute Gasteiger partial charge is 0.341 e. The van der Waals surface area contributed by atoms with Gasteiger partial charge in [-0.25, -0.2) is 4.79 Å². The molecule has 0 aliphatic heterocycles. The van der Waals surface area contributed by atoms with Crippen LogP contribution in [0.5, 0.6) is 5.75 Å². The second kappa shape index (κ2) is 7.98. The quantitative estimate of drug-likeness (QED) is 0.557. The minimum absolute atomic E-state index is 0.0686. The lowest BCUT2D eigenvalue weighted by atomic mass is 10.0. The molecule has 1 aromatic carbocycles. The molecule has 1 saturated carbocycles. The van der Waals surface area contributed by atoms with Crippen molar-refractivity contribution in [2.75, 3.05) is 19.8 Å². The van der Waals surface area contributed by atoms with Gasteiger partial charge in [0.1, 0.15) is 17.9 Å². The summed E-state index contributed by atoms with van der Waals surface area (Å²) in [7, 11) is 0. The Kier molecular flexibility index (Phi) is 5.67. The zero-order chi connectivity index (χ0) is 19.6. The van der Waals surface area contributed by atoms with Crippen molar-refractivity contribution < 1.29 is 29.3 Å². The molecule has 8 nitrogen and oxygen atoms in total. The summed E-state index contributed by atoms with van der Waals surface area (Å²) in [4.78, 5) is 37.1. The molecule has 1 aliphatic rings. The molecular formula is C18H18ClNO7. The number of pyridine rings is 1. The van der Waals surface area contributed by atoms with Gasteiger partial charge in [-0.2, -0.15) is 0 Å². The average Bonchev–Trinajstić information content (AvgIpc) is 3.43. The number of hydrogen-bond donors (Lipinski definition) is 3. The molecule has 0 bridgehead atoms. The van der Waals surface area contributed by atoms with E-state index in [0.717, 1.165) is 18.4 Å². The lowest BCUT2D eigenvalue weighted by Gasteiger charge is -2.14. The van der Waals surface area contributed by atoms with Crippen molar-refractivity contribution in [3.63, 3.8) is 0 Å². The summed E-state index contributed by atoms with van der Waals surface area (Å²) < 4.78 is 10.8. The maximum Gasteiger partial charge on any atom is 0.341 e. The number of fused-ring (bicyclic) bond motifs is 1. The summed E-state index contributed by atoms with van der Waals surface area (Å²) in [5.41, 5.74) is 0.333. The number of ether oxygens (including phenoxy) is 2. The van der Waals surface area contributed by atoms with Gasteiger partial charge in [0.05, 0.1) is 35.6 Å². The fourth-order valence-electron chi connectivity index (χ4n) is 2.84. The van der Waals surface area contributed by atoms with E-state index in [-0.39, 0.29) is 48.9 Å². The molecule has 0 spiro atoms. The van der Waals surface area contributed by atoms with E-state index >= 15 is 0 Å². The number of carboxylic acids is 2. The van der Waals surface area contributed by atoms with Crippen LogP contribution in [0.1, 0.15) is 41.1 Å². The van der Waals surface area contributed by atoms with Gasteiger partial charge < -0.3 is 24.7 Å². The fraction of sp³-hybridized carbons (Fsp3) is 0.389. The molecule has 144 valence electrons. The maximum absolute atomic E-state index is 12.5. The van der Waals surface area contributed by atoms with Crippen LogP contribution in [0.3, 0.4) is 0 Å². The molecule has 1 fully saturated rings. The van der Waals surface area contributed by atoms with E-state index < -0.39 is 17.4 Å². The SMILES string of the molecule is O=C(O)CCOCCOc1cc2c(=O)c(C(=O)O)c[nH]c2c(C2CC2)c1Cl. The molecule has 3 N–H and O–H groups in total. The highest BCUT2D eigenvalue weighted by molar-refractivity contribution is 6.34. The number of halogens is 1. The van der Waals surface area contributed by atoms with E-state index in [2.05, 4.69) is 4.98 Å². The summed E-state index contributed by atoms with van der Waals surface area (Å²) in [5.74, 6) is -1.78. The van der Waals surface area contributed by atoms with E-state index in [1.165, 1.54) is 12.3 Å². The fourth-order valence-corrected chi connectivity index (χ4v) is 3.19. The number of H-pyrrole nitrogens is 1. The molecule has 2 aromatic rings. The Hall–Kier alpha value is -2.58. The van der Waals surface area contributed by atoms with Crippen molar-refractivity contribution in [2.24, 2.45) is 0 Å². The molecule has 1 heterocycles. The van der Waals surface area contributed by atoms with Crippen molar-refractivity contribution in [3.8, 4) is 5.75 Å². The zero-order valence-electron chi connectivity index (χ0n) is 14.3. The Morgan fingerprint density at radius 2 is 1.96 bits per heavy atom. The Bertz CT molecular complexity index is 949. The van der Waals surface area contributed by atoms with Crippen LogP contribution in [-0.4, -0.2) is 47.0 Å². The third-order valence-corrected chi connectivity index (χ3v) is 4.67. The molecule has 1 aromatic heterocycles. The first-order chi connectivity index (χ1) is 12.9. The van der Waals surface area contributed by atoms with Gasteiger partial charge in [0.15, 0.2) is 0 Å². The van der Waals surface area contributed by atoms with Crippen LogP contribution in [-0.2, 0) is 9.53 Å². The Morgan fingerprint density at radius 3 is 2.59 bits per heavy atom. The lowest BCUT2D eigenvalue weighted by molar-refractivity contribution is -0.138. The van der Waals surface area contributed by atoms with E-state index in [9.17, 15) is 14.4 Å². The van der Waals surface area contributed by atoms with Gasteiger partial charge in [0.25, 0.3) is 0 Å². The van der Waals surface area contributed by atoms with Crippen LogP contribution in [0, 0.1) is 0 Å². The number of aliphatic carboxylic acids is 1. The van der Waals surface area contributed by atoms with Gasteiger partial charge in [-0.05, 0) is 24.8 Å². The number of aromatic amines is 1. The molecular weight excluding hydrogens is 378 g/mol. The van der Waals surface area contributed by atoms with Gasteiger partial charge in [-0.3, -0.25) is 9.59 Å². The lowest BCUT2D eigenvalue weighted by Crippen LogP contribution is -2.16. The van der Waals surface area contributed by atoms with Crippen molar-refractivity contribution in [1.82, 2.24) is 4.98 Å². The average molecular weight is 396 g/mol. The number of benzene rings is 1. The van der Waals surface area contributed by atoms with E-state index in [1.807, 2.05) is 0 Å². The van der Waals surface area contributed by atoms with E-state index in [4.69, 9.17) is 31.3 Å². The third-order valence-electron chi connectivity index (χ3n) is 4.28. The number of nitrogens with one attached hydrogen (secondary N) is 1. The number of carbonyl (C=O) groups is 2. The van der Waals surface area contributed by atoms with Gasteiger partial charge in [-0.1, -0.05) is 11.6 Å². The first-order valence-electron chi connectivity index (χ1n) is 8.43. The van der Waals surface area contributed by atoms with Crippen LogP contribution < -0.4 is 10.2 Å². The topological polar surface area (TPSA) is 126 Å². The second-order valence-electron chi connectivity index (χ2n) is 6.24. The Balaban J connectivity index is 1.87. The normalized spacial score (nSPS) is 13.7. The van der Waals surface area contributed by atoms with Crippen LogP contribution in [0.25, 0.3) is 10.9 Å². The zero-order valence-corrected chi connectivity index (χ0v) is 15.0. The first-order valence-corrected chi connectivity index (χ1v) is 8.81. The van der Waals surface area contributed by atoms with Gasteiger partial charge in [-0.15, -0.1) is 0 Å². The molecule has 0 atom stereocenters. The highest BCUT2D eigenvalue weighted by Crippen LogP contribution is 2.48. The number of aromatic carboxylic acids is 1. The van der Waals surface area contributed by atoms with Gasteiger partial charge in [0, 0.05) is 11.8 Å². The van der Waals surface area contributed by atoms with E-state index in [0.29, 0.717) is 10.5 Å². The highest BCUT2D eigenvalue weighted by atomic mass is 35.5. The Morgan fingerprint density at radius 1 is 1.22 bits per heavy atom. The number of hydrogen-bond acceptors (Lipinski definition) is 5. The van der Waals surface area contributed by atoms with Crippen LogP contribution in [0.2, 0.25) is 5.02 Å². The molecule has 27 heavy (non-hydrogen) atoms. The highest BCUT2D eigenvalue weighted by Gasteiger charge is 2.31. The molecule has 9 heteroatoms. The number of carboxylic acid groups (broad SMARTS) is 2. The molecule has 0 saturated heterocycles. The summed E-state index contributed by atoms with van der Waals surface area (Å²) >= 11 is 6.48. The minimum Gasteiger partial charge on any atom is -0.490 e. The molecule has 0 amide bonds. The maximum atomic E-state index is 12.5. The monoisotopic (exact) mass is 395 g/mol. The Labute approximate surface area is 158 Å². The van der Waals surface area contributed by atoms with Crippen molar-refractivity contribution >= 4 is 34.4 Å². The van der Waals surface area contributed by atoms with Crippen molar-refractivity contribution in [3.05, 3.63) is 38.6 Å². The van der Waals surface area contributed by atoms with E-state index in [1.54, 1.807) is 0 Å². The van der Waals surface area contributed by atoms with Gasteiger partial charge in [0.2, 0.25) is 5.43 Å². The van der Waals surface area contributed by atoms with Crippen LogP contribution in [0.15, 0.2) is 17.1 Å². The third kappa shape index (κ3) is 4.23. The summed E-state index contributed by atoms with van der Waals surface area (Å²) in [6, 6.07) is 1.44. The van der Waals surface area contributed by atoms with Crippen LogP contribution in [0.4, 0.5) is 0 Å². The van der Waals surface area contributed by atoms with Crippen molar-refractivity contribution in [1.29, 1.82) is 0 Å². The molecule has 0 unspecified atom stereocenters. The summed E-state index contributed by atoms with van der Waals surface area (Å²) in [6.45, 7) is 0.344. The standard InChI is InChI=1S/C18H18ClNO7/c19-15-12(27-6-5-26-4-3-13(21)22)7-10-16(14(15)9-1-2-9)20-8-11(17(10)23)18(24)25/h7-9H,1-6H2,(H,20,23)(H,21,22)(H,24,25). The molecule has 0 radical (unpaired) electrons. The minimum atomic E-state index is -1.31. The number of aromatic nitrogens is 1. The van der Waals surface area contributed by atoms with Gasteiger partial charge >= 0.3 is 11.9 Å². The first kappa shape index (κ1) is 19.2. The second-order valence-corrected chi connectivity index (χ2v) is 6.62. The molecule has 1 aliphatic carbocycles. The van der Waals surface area contributed by atoms with Crippen molar-refractivity contribution in [2.45, 2.75) is 25.2 Å². The van der Waals surface area contributed by atoms with Crippen LogP contribution >= 0.6 is 11.6 Å². The predicted octanol–water partition coefficient (Wildman–Crippen LogP) is 2.63. The summed E-state index contributed by atoms with van der Waals surface area (Å²) in [6.07, 6.45) is 2.94.